The highest BCUT2D eigenvalue weighted by Gasteiger charge is 2.36. The number of hydrogen-bond donors (Lipinski definition) is 1. The van der Waals surface area contributed by atoms with Crippen LogP contribution in [0.15, 0.2) is 36.1 Å². The molecule has 0 unspecified atom stereocenters. The minimum Gasteiger partial charge on any atom is -0.457 e. The summed E-state index contributed by atoms with van der Waals surface area (Å²) in [5.41, 5.74) is 1.02. The highest BCUT2D eigenvalue weighted by molar-refractivity contribution is 7.90. The first-order valence-corrected chi connectivity index (χ1v) is 17.2. The number of nitrogens with zero attached hydrogens (tertiary/aromatic N) is 4. The molecular weight excluding hydrogens is 619 g/mol. The average molecular weight is 663 g/mol. The van der Waals surface area contributed by atoms with Crippen LogP contribution in [-0.4, -0.2) is 115 Å². The smallest absolute Gasteiger partial charge is 0.410 e. The zero-order valence-corrected chi connectivity index (χ0v) is 27.5. The van der Waals surface area contributed by atoms with Gasteiger partial charge >= 0.3 is 12.1 Å². The summed E-state index contributed by atoms with van der Waals surface area (Å²) in [4.78, 5) is 29.8. The second-order valence-corrected chi connectivity index (χ2v) is 14.8. The summed E-state index contributed by atoms with van der Waals surface area (Å²) in [5.74, 6) is -1.74. The Kier molecular flexibility index (Phi) is 10.5. The van der Waals surface area contributed by atoms with Crippen LogP contribution in [0.4, 0.5) is 9.18 Å². The molecule has 1 amide bonds. The zero-order valence-electron chi connectivity index (χ0n) is 26.7. The number of piperazine rings is 1. The predicted molar refractivity (Wildman–Crippen MR) is 169 cm³/mol. The molecule has 0 spiro atoms. The van der Waals surface area contributed by atoms with Crippen LogP contribution in [0.5, 0.6) is 0 Å². The molecule has 2 aromatic rings. The summed E-state index contributed by atoms with van der Waals surface area (Å²) in [5, 5.41) is 13.9. The Labute approximate surface area is 268 Å². The fraction of sp³-hybridized carbons (Fsp3) is 0.594. The van der Waals surface area contributed by atoms with Crippen LogP contribution in [0, 0.1) is 17.7 Å². The van der Waals surface area contributed by atoms with Crippen molar-refractivity contribution in [3.63, 3.8) is 0 Å². The first-order valence-electron chi connectivity index (χ1n) is 15.7. The Balaban J connectivity index is 1.42. The van der Waals surface area contributed by atoms with E-state index >= 15 is 4.39 Å². The number of amides is 1. The van der Waals surface area contributed by atoms with Gasteiger partial charge in [-0.05, 0) is 62.1 Å². The average Bonchev–Trinajstić information content (AvgIpc) is 3.41. The van der Waals surface area contributed by atoms with Gasteiger partial charge in [0.2, 0.25) is 0 Å². The Morgan fingerprint density at radius 3 is 2.52 bits per heavy atom. The van der Waals surface area contributed by atoms with Crippen LogP contribution in [0.3, 0.4) is 0 Å². The second kappa shape index (κ2) is 14.2. The zero-order chi connectivity index (χ0) is 33.2. The number of aliphatic hydroxyl groups is 1. The van der Waals surface area contributed by atoms with Crippen molar-refractivity contribution >= 4 is 39.1 Å². The van der Waals surface area contributed by atoms with Crippen molar-refractivity contribution in [2.45, 2.75) is 63.6 Å². The molecule has 2 saturated heterocycles. The number of likely N-dealkylation sites (N-methyl/N-ethyl adjacent to an activating group) is 1. The highest BCUT2D eigenvalue weighted by atomic mass is 32.2. The summed E-state index contributed by atoms with van der Waals surface area (Å²) in [6.45, 7) is 8.30. The van der Waals surface area contributed by atoms with Crippen LogP contribution in [0.25, 0.3) is 17.0 Å². The third-order valence-electron chi connectivity index (χ3n) is 9.00. The summed E-state index contributed by atoms with van der Waals surface area (Å²) in [6, 6.07) is 2.80. The number of halogens is 1. The van der Waals surface area contributed by atoms with E-state index in [1.54, 1.807) is 17.9 Å². The molecule has 0 aliphatic carbocycles. The Hall–Kier alpha value is -3.33. The molecule has 5 rings (SSSR count). The Bertz CT molecular complexity index is 1600. The lowest BCUT2D eigenvalue weighted by atomic mass is 9.91. The van der Waals surface area contributed by atoms with Crippen LogP contribution in [0.2, 0.25) is 0 Å². The standard InChI is InChI=1S/C32H43FN4O8S/c1-20-5-7-24(38)16-30(39)45-31(21(2)6-8-29(20)44-32(40)36-11-9-35(4)10-12-36)22(3)13-23-14-27(33)26-17-34-37(28(26)15-23)46(41,42)25-18-43-19-25/h6,8,13-15,17,20-21,24-25,29,31,38H,5,7,9-12,16,18-19H2,1-4H3/b8-6+,22-13+/t20-,21-,24+,29-,31-/m0/s1. The molecular formula is C32H43FN4O8S. The molecule has 5 atom stereocenters. The van der Waals surface area contributed by atoms with E-state index in [0.717, 1.165) is 17.2 Å². The second-order valence-electron chi connectivity index (χ2n) is 12.7. The summed E-state index contributed by atoms with van der Waals surface area (Å²) >= 11 is 0. The number of benzene rings is 1. The van der Waals surface area contributed by atoms with E-state index in [1.807, 2.05) is 33.0 Å². The molecule has 12 nitrogen and oxygen atoms in total. The molecule has 1 aromatic carbocycles. The molecule has 3 aliphatic heterocycles. The third kappa shape index (κ3) is 7.62. The lowest BCUT2D eigenvalue weighted by Gasteiger charge is -2.33. The van der Waals surface area contributed by atoms with Crippen LogP contribution in [0.1, 0.15) is 45.6 Å². The highest BCUT2D eigenvalue weighted by Crippen LogP contribution is 2.29. The van der Waals surface area contributed by atoms with Gasteiger partial charge in [0, 0.05) is 32.1 Å². The van der Waals surface area contributed by atoms with Gasteiger partial charge in [-0.1, -0.05) is 26.0 Å². The van der Waals surface area contributed by atoms with Gasteiger partial charge in [-0.3, -0.25) is 4.79 Å². The molecule has 252 valence electrons. The lowest BCUT2D eigenvalue weighted by molar-refractivity contribution is -0.151. The molecule has 1 N–H and O–H groups in total. The number of carbonyl (C=O) groups is 2. The van der Waals surface area contributed by atoms with E-state index in [4.69, 9.17) is 14.2 Å². The van der Waals surface area contributed by atoms with E-state index in [-0.39, 0.29) is 36.5 Å². The van der Waals surface area contributed by atoms with Crippen molar-refractivity contribution in [3.05, 3.63) is 47.4 Å². The summed E-state index contributed by atoms with van der Waals surface area (Å²) < 4.78 is 59.0. The maximum absolute atomic E-state index is 15.2. The molecule has 0 radical (unpaired) electrons. The minimum absolute atomic E-state index is 0.0483. The van der Waals surface area contributed by atoms with E-state index < -0.39 is 57.4 Å². The Morgan fingerprint density at radius 2 is 1.85 bits per heavy atom. The monoisotopic (exact) mass is 662 g/mol. The SMILES string of the molecule is C/C(=C\c1cc(F)c2cnn(S(=O)(=O)C3COC3)c2c1)[C@H]1OC(=O)C[C@H](O)CC[C@H](C)[C@@H](OC(=O)N2CCN(C)CC2)/C=C/[C@@H]1C. The number of cyclic esters (lactones) is 1. The van der Waals surface area contributed by atoms with Crippen LogP contribution >= 0.6 is 0 Å². The molecule has 1 aromatic heterocycles. The maximum atomic E-state index is 15.2. The van der Waals surface area contributed by atoms with Gasteiger partial charge < -0.3 is 29.1 Å². The molecule has 3 aliphatic rings. The van der Waals surface area contributed by atoms with Gasteiger partial charge in [0.1, 0.15) is 23.3 Å². The van der Waals surface area contributed by atoms with Crippen molar-refractivity contribution in [2.24, 2.45) is 11.8 Å². The number of rotatable bonds is 5. The van der Waals surface area contributed by atoms with Crippen molar-refractivity contribution in [1.29, 1.82) is 0 Å². The molecule has 0 saturated carbocycles. The summed E-state index contributed by atoms with van der Waals surface area (Å²) in [7, 11) is -1.88. The lowest BCUT2D eigenvalue weighted by Crippen LogP contribution is -2.48. The molecule has 0 bridgehead atoms. The number of hydrogen-bond acceptors (Lipinski definition) is 10. The number of fused-ring (bicyclic) bond motifs is 1. The normalized spacial score (nSPS) is 28.6. The number of ether oxygens (including phenoxy) is 3. The van der Waals surface area contributed by atoms with E-state index in [9.17, 15) is 23.1 Å². The van der Waals surface area contributed by atoms with Crippen molar-refractivity contribution in [1.82, 2.24) is 19.0 Å². The van der Waals surface area contributed by atoms with E-state index in [1.165, 1.54) is 18.3 Å². The van der Waals surface area contributed by atoms with Crippen molar-refractivity contribution in [3.8, 4) is 0 Å². The Morgan fingerprint density at radius 1 is 1.13 bits per heavy atom. The fourth-order valence-electron chi connectivity index (χ4n) is 5.87. The van der Waals surface area contributed by atoms with Gasteiger partial charge in [-0.15, -0.1) is 0 Å². The van der Waals surface area contributed by atoms with E-state index in [0.29, 0.717) is 37.1 Å². The van der Waals surface area contributed by atoms with E-state index in [2.05, 4.69) is 10.00 Å². The number of carbonyl (C=O) groups excluding carboxylic acids is 2. The predicted octanol–water partition coefficient (Wildman–Crippen LogP) is 3.19. The van der Waals surface area contributed by atoms with Gasteiger partial charge in [-0.2, -0.15) is 9.19 Å². The first kappa shape index (κ1) is 34.0. The molecule has 4 heterocycles. The van der Waals surface area contributed by atoms with Crippen LogP contribution in [-0.2, 0) is 29.0 Å². The minimum atomic E-state index is -3.89. The molecule has 46 heavy (non-hydrogen) atoms. The first-order chi connectivity index (χ1) is 21.8. The topological polar surface area (TPSA) is 141 Å². The third-order valence-corrected chi connectivity index (χ3v) is 10.9. The quantitative estimate of drug-likeness (QED) is 0.375. The number of esters is 1. The maximum Gasteiger partial charge on any atom is 0.410 e. The molecule has 14 heteroatoms. The van der Waals surface area contributed by atoms with Gasteiger partial charge in [0.05, 0.1) is 42.8 Å². The van der Waals surface area contributed by atoms with Crippen molar-refractivity contribution in [2.75, 3.05) is 46.4 Å². The molecule has 2 fully saturated rings. The van der Waals surface area contributed by atoms with Gasteiger partial charge in [0.25, 0.3) is 10.0 Å². The van der Waals surface area contributed by atoms with Gasteiger partial charge in [-0.25, -0.2) is 17.6 Å². The van der Waals surface area contributed by atoms with Crippen molar-refractivity contribution < 1.29 is 41.7 Å². The number of aliphatic hydroxyl groups excluding tert-OH is 1. The fourth-order valence-corrected chi connectivity index (χ4v) is 7.29. The van der Waals surface area contributed by atoms with Gasteiger partial charge in [0.15, 0.2) is 0 Å². The number of aromatic nitrogens is 2. The van der Waals surface area contributed by atoms with Crippen LogP contribution < -0.4 is 0 Å². The summed E-state index contributed by atoms with van der Waals surface area (Å²) in [6.07, 6.45) is 4.42. The largest absolute Gasteiger partial charge is 0.457 e.